The van der Waals surface area contributed by atoms with E-state index in [-0.39, 0.29) is 0 Å². The quantitative estimate of drug-likeness (QED) is 0.678. The van der Waals surface area contributed by atoms with Crippen molar-refractivity contribution in [3.63, 3.8) is 0 Å². The minimum absolute atomic E-state index is 0.364. The van der Waals surface area contributed by atoms with Crippen LogP contribution in [0.4, 0.5) is 0 Å². The Morgan fingerprint density at radius 1 is 1.39 bits per heavy atom. The van der Waals surface area contributed by atoms with Crippen molar-refractivity contribution in [2.24, 2.45) is 5.73 Å². The lowest BCUT2D eigenvalue weighted by molar-refractivity contribution is 0.151. The van der Waals surface area contributed by atoms with E-state index >= 15 is 0 Å². The van der Waals surface area contributed by atoms with Crippen molar-refractivity contribution >= 4 is 0 Å². The van der Waals surface area contributed by atoms with E-state index in [2.05, 4.69) is 35.7 Å². The van der Waals surface area contributed by atoms with Crippen molar-refractivity contribution in [2.45, 2.75) is 5.92 Å². The molecule has 0 aliphatic rings. The lowest BCUT2D eigenvalue weighted by Gasteiger charge is -2.25. The molecule has 0 aromatic heterocycles. The maximum absolute atomic E-state index is 5.89. The number of nitrogens with two attached hydrogens (primary N) is 1. The Bertz CT molecular complexity index is 327. The number of hydrogen-bond acceptors (Lipinski definition) is 3. The Morgan fingerprint density at radius 3 is 2.67 bits per heavy atom. The molecule has 0 amide bonds. The summed E-state index contributed by atoms with van der Waals surface area (Å²) in [5.74, 6) is 0.364. The Kier molecular flexibility index (Phi) is 7.34. The first kappa shape index (κ1) is 14.9. The minimum Gasteiger partial charge on any atom is -0.383 e. The second-order valence-electron chi connectivity index (χ2n) is 4.38. The fraction of sp³-hybridized carbons (Fsp3) is 0.467. The smallest absolute Gasteiger partial charge is 0.0589 e. The number of benzene rings is 1. The zero-order valence-corrected chi connectivity index (χ0v) is 11.2. The molecule has 18 heavy (non-hydrogen) atoms. The summed E-state index contributed by atoms with van der Waals surface area (Å²) < 4.78 is 5.13. The number of methoxy groups -OCH3 is 1. The Hall–Kier alpha value is -1.16. The van der Waals surface area contributed by atoms with E-state index < -0.39 is 0 Å². The van der Waals surface area contributed by atoms with Crippen molar-refractivity contribution < 1.29 is 4.74 Å². The van der Waals surface area contributed by atoms with Crippen LogP contribution in [0.2, 0.25) is 0 Å². The van der Waals surface area contributed by atoms with Gasteiger partial charge in [-0.1, -0.05) is 36.4 Å². The Morgan fingerprint density at radius 2 is 2.11 bits per heavy atom. The topological polar surface area (TPSA) is 38.5 Å². The molecule has 0 aliphatic heterocycles. The molecule has 1 rings (SSSR count). The molecule has 1 atom stereocenters. The maximum atomic E-state index is 5.89. The molecule has 0 spiro atoms. The summed E-state index contributed by atoms with van der Waals surface area (Å²) in [6.07, 6.45) is 1.92. The van der Waals surface area contributed by atoms with Crippen molar-refractivity contribution in [1.29, 1.82) is 0 Å². The third-order valence-corrected chi connectivity index (χ3v) is 3.03. The molecule has 1 aromatic rings. The van der Waals surface area contributed by atoms with E-state index in [0.717, 1.165) is 26.2 Å². The van der Waals surface area contributed by atoms with E-state index in [9.17, 15) is 0 Å². The van der Waals surface area contributed by atoms with Crippen LogP contribution >= 0.6 is 0 Å². The van der Waals surface area contributed by atoms with E-state index in [1.165, 1.54) is 5.56 Å². The van der Waals surface area contributed by atoms with Crippen LogP contribution < -0.4 is 5.73 Å². The fourth-order valence-electron chi connectivity index (χ4n) is 2.01. The first-order valence-corrected chi connectivity index (χ1v) is 6.39. The zero-order chi connectivity index (χ0) is 13.2. The van der Waals surface area contributed by atoms with Gasteiger partial charge in [-0.05, 0) is 5.56 Å². The lowest BCUT2D eigenvalue weighted by atomic mass is 9.98. The summed E-state index contributed by atoms with van der Waals surface area (Å²) in [4.78, 5) is 2.32. The van der Waals surface area contributed by atoms with Gasteiger partial charge in [0.15, 0.2) is 0 Å². The number of hydrogen-bond donors (Lipinski definition) is 1. The maximum Gasteiger partial charge on any atom is 0.0589 e. The predicted octanol–water partition coefficient (Wildman–Crippen LogP) is 1.86. The van der Waals surface area contributed by atoms with Crippen LogP contribution in [-0.4, -0.2) is 44.8 Å². The summed E-state index contributed by atoms with van der Waals surface area (Å²) >= 11 is 0. The van der Waals surface area contributed by atoms with Crippen LogP contribution in [0.15, 0.2) is 43.0 Å². The second-order valence-corrected chi connectivity index (χ2v) is 4.38. The van der Waals surface area contributed by atoms with Crippen molar-refractivity contribution in [3.05, 3.63) is 48.6 Å². The van der Waals surface area contributed by atoms with E-state index in [1.807, 2.05) is 12.1 Å². The predicted molar refractivity (Wildman–Crippen MR) is 76.8 cm³/mol. The van der Waals surface area contributed by atoms with Gasteiger partial charge < -0.3 is 10.5 Å². The van der Waals surface area contributed by atoms with Crippen LogP contribution in [0.3, 0.4) is 0 Å². The molecule has 0 fully saturated rings. The molecule has 1 aromatic carbocycles. The van der Waals surface area contributed by atoms with Gasteiger partial charge in [0.25, 0.3) is 0 Å². The Labute approximate surface area is 110 Å². The third-order valence-electron chi connectivity index (χ3n) is 3.03. The SMILES string of the molecule is C=CCN(CCOC)CC(CN)c1ccccc1. The highest BCUT2D eigenvalue weighted by atomic mass is 16.5. The van der Waals surface area contributed by atoms with E-state index in [4.69, 9.17) is 10.5 Å². The molecule has 3 heteroatoms. The summed E-state index contributed by atoms with van der Waals surface area (Å²) in [5, 5.41) is 0. The van der Waals surface area contributed by atoms with Crippen LogP contribution in [-0.2, 0) is 4.74 Å². The molecule has 0 saturated carbocycles. The minimum atomic E-state index is 0.364. The Balaban J connectivity index is 2.61. The lowest BCUT2D eigenvalue weighted by Crippen LogP contribution is -2.34. The summed E-state index contributed by atoms with van der Waals surface area (Å²) in [6, 6.07) is 10.4. The molecule has 100 valence electrons. The molecule has 0 aliphatic carbocycles. The first-order valence-electron chi connectivity index (χ1n) is 6.39. The standard InChI is InChI=1S/C15H24N2O/c1-3-9-17(10-11-18-2)13-15(12-16)14-7-5-4-6-8-14/h3-8,15H,1,9-13,16H2,2H3. The van der Waals surface area contributed by atoms with Crippen molar-refractivity contribution in [1.82, 2.24) is 4.90 Å². The van der Waals surface area contributed by atoms with Gasteiger partial charge in [-0.3, -0.25) is 4.90 Å². The molecule has 3 nitrogen and oxygen atoms in total. The van der Waals surface area contributed by atoms with Gasteiger partial charge in [-0.25, -0.2) is 0 Å². The highest BCUT2D eigenvalue weighted by Gasteiger charge is 2.13. The number of nitrogens with zero attached hydrogens (tertiary/aromatic N) is 1. The first-order chi connectivity index (χ1) is 8.81. The molecular formula is C15H24N2O. The largest absolute Gasteiger partial charge is 0.383 e. The van der Waals surface area contributed by atoms with Gasteiger partial charge in [0.2, 0.25) is 0 Å². The van der Waals surface area contributed by atoms with Crippen LogP contribution in [0.1, 0.15) is 11.5 Å². The molecule has 0 bridgehead atoms. The third kappa shape index (κ3) is 5.00. The molecule has 0 heterocycles. The molecule has 1 unspecified atom stereocenters. The average molecular weight is 248 g/mol. The second kappa shape index (κ2) is 8.86. The van der Waals surface area contributed by atoms with Crippen molar-refractivity contribution in [2.75, 3.05) is 39.9 Å². The van der Waals surface area contributed by atoms with E-state index in [1.54, 1.807) is 7.11 Å². The number of rotatable bonds is 9. The van der Waals surface area contributed by atoms with Gasteiger partial charge in [0.1, 0.15) is 0 Å². The molecule has 0 saturated heterocycles. The monoisotopic (exact) mass is 248 g/mol. The summed E-state index contributed by atoms with van der Waals surface area (Å²) in [6.45, 7) is 7.91. The van der Waals surface area contributed by atoms with Gasteiger partial charge >= 0.3 is 0 Å². The van der Waals surface area contributed by atoms with Crippen LogP contribution in [0.5, 0.6) is 0 Å². The normalized spacial score (nSPS) is 12.6. The van der Waals surface area contributed by atoms with Gasteiger partial charge in [-0.2, -0.15) is 0 Å². The molecule has 0 radical (unpaired) electrons. The summed E-state index contributed by atoms with van der Waals surface area (Å²) in [5.41, 5.74) is 7.19. The fourth-order valence-corrected chi connectivity index (χ4v) is 2.01. The number of ether oxygens (including phenoxy) is 1. The molecule has 2 N–H and O–H groups in total. The van der Waals surface area contributed by atoms with Crippen LogP contribution in [0.25, 0.3) is 0 Å². The van der Waals surface area contributed by atoms with Crippen LogP contribution in [0, 0.1) is 0 Å². The highest BCUT2D eigenvalue weighted by Crippen LogP contribution is 2.15. The zero-order valence-electron chi connectivity index (χ0n) is 11.2. The van der Waals surface area contributed by atoms with Gasteiger partial charge in [0.05, 0.1) is 6.61 Å². The van der Waals surface area contributed by atoms with Gasteiger partial charge in [-0.15, -0.1) is 6.58 Å². The van der Waals surface area contributed by atoms with Crippen molar-refractivity contribution in [3.8, 4) is 0 Å². The summed E-state index contributed by atoms with van der Waals surface area (Å²) in [7, 11) is 1.73. The average Bonchev–Trinajstić information content (AvgIpc) is 2.43. The molecular weight excluding hydrogens is 224 g/mol. The highest BCUT2D eigenvalue weighted by molar-refractivity contribution is 5.20. The van der Waals surface area contributed by atoms with E-state index in [0.29, 0.717) is 12.5 Å². The van der Waals surface area contributed by atoms with Gasteiger partial charge in [0, 0.05) is 39.2 Å².